The summed E-state index contributed by atoms with van der Waals surface area (Å²) >= 11 is 0. The first-order chi connectivity index (χ1) is 13.5. The number of amides is 2. The Kier molecular flexibility index (Phi) is 6.47. The van der Waals surface area contributed by atoms with Gasteiger partial charge in [0.05, 0.1) is 12.6 Å². The number of carbonyl (C=O) groups is 2. The molecule has 2 aromatic rings. The van der Waals surface area contributed by atoms with Gasteiger partial charge >= 0.3 is 0 Å². The number of fused-ring (bicyclic) bond motifs is 1. The number of hydrogen-bond acceptors (Lipinski definition) is 3. The summed E-state index contributed by atoms with van der Waals surface area (Å²) < 4.78 is 5.15. The van der Waals surface area contributed by atoms with Crippen LogP contribution in [0, 0.1) is 6.92 Å². The lowest BCUT2D eigenvalue weighted by Gasteiger charge is -2.36. The SMILES string of the molecule is COCCN(CC(=O)N1CCc2ccccc2C1C)C(=O)c1ccc(C)cc1. The van der Waals surface area contributed by atoms with Crippen LogP contribution in [0.4, 0.5) is 0 Å². The van der Waals surface area contributed by atoms with Gasteiger partial charge in [0, 0.05) is 25.8 Å². The van der Waals surface area contributed by atoms with Gasteiger partial charge in [-0.05, 0) is 43.5 Å². The maximum atomic E-state index is 13.1. The highest BCUT2D eigenvalue weighted by molar-refractivity contribution is 5.96. The normalized spacial score (nSPS) is 15.8. The molecule has 0 aromatic heterocycles. The molecule has 5 nitrogen and oxygen atoms in total. The minimum absolute atomic E-state index is 0.0104. The number of rotatable bonds is 6. The van der Waals surface area contributed by atoms with Gasteiger partial charge in [-0.1, -0.05) is 42.0 Å². The summed E-state index contributed by atoms with van der Waals surface area (Å²) in [6, 6.07) is 15.7. The van der Waals surface area contributed by atoms with Gasteiger partial charge in [0.2, 0.25) is 5.91 Å². The van der Waals surface area contributed by atoms with E-state index in [9.17, 15) is 9.59 Å². The summed E-state index contributed by atoms with van der Waals surface area (Å²) in [5.74, 6) is -0.172. The molecular weight excluding hydrogens is 352 g/mol. The van der Waals surface area contributed by atoms with Gasteiger partial charge in [-0.2, -0.15) is 0 Å². The van der Waals surface area contributed by atoms with Gasteiger partial charge in [0.25, 0.3) is 5.91 Å². The van der Waals surface area contributed by atoms with E-state index in [4.69, 9.17) is 4.74 Å². The first-order valence-electron chi connectivity index (χ1n) is 9.73. The molecule has 2 amide bonds. The largest absolute Gasteiger partial charge is 0.383 e. The molecule has 0 aliphatic carbocycles. The highest BCUT2D eigenvalue weighted by Crippen LogP contribution is 2.29. The van der Waals surface area contributed by atoms with Gasteiger partial charge in [0.1, 0.15) is 6.54 Å². The Balaban J connectivity index is 1.74. The quantitative estimate of drug-likeness (QED) is 0.773. The van der Waals surface area contributed by atoms with Crippen molar-refractivity contribution in [3.63, 3.8) is 0 Å². The molecule has 5 heteroatoms. The maximum absolute atomic E-state index is 13.1. The van der Waals surface area contributed by atoms with Crippen molar-refractivity contribution < 1.29 is 14.3 Å². The third-order valence-corrected chi connectivity index (χ3v) is 5.39. The fourth-order valence-electron chi connectivity index (χ4n) is 3.70. The second-order valence-electron chi connectivity index (χ2n) is 7.30. The topological polar surface area (TPSA) is 49.9 Å². The first-order valence-corrected chi connectivity index (χ1v) is 9.73. The van der Waals surface area contributed by atoms with E-state index < -0.39 is 0 Å². The van der Waals surface area contributed by atoms with Crippen LogP contribution in [0.5, 0.6) is 0 Å². The molecule has 2 aromatic carbocycles. The predicted octanol–water partition coefficient (Wildman–Crippen LogP) is 3.23. The fraction of sp³-hybridized carbons (Fsp3) is 0.391. The van der Waals surface area contributed by atoms with Crippen LogP contribution in [0.1, 0.15) is 40.0 Å². The molecule has 0 bridgehead atoms. The van der Waals surface area contributed by atoms with Crippen LogP contribution in [-0.2, 0) is 16.0 Å². The zero-order valence-corrected chi connectivity index (χ0v) is 16.9. The minimum Gasteiger partial charge on any atom is -0.383 e. The standard InChI is InChI=1S/C23H28N2O3/c1-17-8-10-20(11-9-17)23(27)24(14-15-28-3)16-22(26)25-13-12-19-6-4-5-7-21(19)18(25)2/h4-11,18H,12-16H2,1-3H3. The maximum Gasteiger partial charge on any atom is 0.254 e. The summed E-state index contributed by atoms with van der Waals surface area (Å²) in [7, 11) is 1.60. The molecule has 0 saturated carbocycles. The summed E-state index contributed by atoms with van der Waals surface area (Å²) in [5, 5.41) is 0. The van der Waals surface area contributed by atoms with E-state index in [2.05, 4.69) is 19.1 Å². The van der Waals surface area contributed by atoms with E-state index in [-0.39, 0.29) is 24.4 Å². The molecule has 1 heterocycles. The second-order valence-corrected chi connectivity index (χ2v) is 7.30. The highest BCUT2D eigenvalue weighted by atomic mass is 16.5. The molecule has 0 N–H and O–H groups in total. The molecule has 0 fully saturated rings. The number of benzene rings is 2. The van der Waals surface area contributed by atoms with Gasteiger partial charge in [-0.3, -0.25) is 9.59 Å². The van der Waals surface area contributed by atoms with E-state index in [1.807, 2.05) is 48.2 Å². The van der Waals surface area contributed by atoms with Crippen molar-refractivity contribution in [1.82, 2.24) is 9.80 Å². The molecule has 0 spiro atoms. The van der Waals surface area contributed by atoms with E-state index in [1.165, 1.54) is 11.1 Å². The molecule has 1 atom stereocenters. The lowest BCUT2D eigenvalue weighted by molar-refractivity contribution is -0.134. The van der Waals surface area contributed by atoms with Gasteiger partial charge in [0.15, 0.2) is 0 Å². The Morgan fingerprint density at radius 2 is 1.86 bits per heavy atom. The van der Waals surface area contributed by atoms with Crippen LogP contribution < -0.4 is 0 Å². The Morgan fingerprint density at radius 1 is 1.14 bits per heavy atom. The average molecular weight is 380 g/mol. The van der Waals surface area contributed by atoms with Gasteiger partial charge in [-0.15, -0.1) is 0 Å². The van der Waals surface area contributed by atoms with E-state index in [1.54, 1.807) is 12.0 Å². The zero-order chi connectivity index (χ0) is 20.1. The van der Waals surface area contributed by atoms with Crippen molar-refractivity contribution in [3.8, 4) is 0 Å². The monoisotopic (exact) mass is 380 g/mol. The average Bonchev–Trinajstić information content (AvgIpc) is 2.71. The van der Waals surface area contributed by atoms with E-state index >= 15 is 0 Å². The lowest BCUT2D eigenvalue weighted by Crippen LogP contribution is -2.46. The van der Waals surface area contributed by atoms with Crippen LogP contribution in [0.25, 0.3) is 0 Å². The number of carbonyl (C=O) groups excluding carboxylic acids is 2. The fourth-order valence-corrected chi connectivity index (χ4v) is 3.70. The lowest BCUT2D eigenvalue weighted by atomic mass is 9.93. The summed E-state index contributed by atoms with van der Waals surface area (Å²) in [6.07, 6.45) is 0.843. The summed E-state index contributed by atoms with van der Waals surface area (Å²) in [6.45, 7) is 5.54. The molecule has 1 aliphatic rings. The number of methoxy groups -OCH3 is 1. The van der Waals surface area contributed by atoms with Gasteiger partial charge < -0.3 is 14.5 Å². The van der Waals surface area contributed by atoms with Crippen LogP contribution in [0.3, 0.4) is 0 Å². The molecule has 1 aliphatic heterocycles. The summed E-state index contributed by atoms with van der Waals surface area (Å²) in [4.78, 5) is 29.5. The highest BCUT2D eigenvalue weighted by Gasteiger charge is 2.29. The molecule has 0 saturated heterocycles. The number of nitrogens with zero attached hydrogens (tertiary/aromatic N) is 2. The Morgan fingerprint density at radius 3 is 2.57 bits per heavy atom. The number of ether oxygens (including phenoxy) is 1. The Labute approximate surface area is 166 Å². The first kappa shape index (κ1) is 20.1. The third kappa shape index (κ3) is 4.42. The second kappa shape index (κ2) is 9.02. The molecular formula is C23H28N2O3. The van der Waals surface area contributed by atoms with Crippen LogP contribution in [0.15, 0.2) is 48.5 Å². The van der Waals surface area contributed by atoms with Crippen molar-refractivity contribution in [2.45, 2.75) is 26.3 Å². The Bertz CT molecular complexity index is 832. The van der Waals surface area contributed by atoms with Crippen LogP contribution >= 0.6 is 0 Å². The van der Waals surface area contributed by atoms with Gasteiger partial charge in [-0.25, -0.2) is 0 Å². The van der Waals surface area contributed by atoms with Crippen molar-refractivity contribution in [3.05, 3.63) is 70.8 Å². The molecule has 28 heavy (non-hydrogen) atoms. The van der Waals surface area contributed by atoms with Crippen molar-refractivity contribution in [2.24, 2.45) is 0 Å². The van der Waals surface area contributed by atoms with Crippen LogP contribution in [0.2, 0.25) is 0 Å². The van der Waals surface area contributed by atoms with Crippen LogP contribution in [-0.4, -0.2) is 55.0 Å². The number of hydrogen-bond donors (Lipinski definition) is 0. The van der Waals surface area contributed by atoms with Crippen molar-refractivity contribution in [1.29, 1.82) is 0 Å². The van der Waals surface area contributed by atoms with Crippen molar-refractivity contribution >= 4 is 11.8 Å². The molecule has 0 radical (unpaired) electrons. The summed E-state index contributed by atoms with van der Waals surface area (Å²) in [5.41, 5.74) is 4.17. The van der Waals surface area contributed by atoms with E-state index in [0.717, 1.165) is 12.0 Å². The third-order valence-electron chi connectivity index (χ3n) is 5.39. The van der Waals surface area contributed by atoms with E-state index in [0.29, 0.717) is 25.3 Å². The zero-order valence-electron chi connectivity index (χ0n) is 16.9. The Hall–Kier alpha value is -2.66. The molecule has 1 unspecified atom stereocenters. The predicted molar refractivity (Wildman–Crippen MR) is 109 cm³/mol. The van der Waals surface area contributed by atoms with Crippen molar-refractivity contribution in [2.75, 3.05) is 33.4 Å². The molecule has 3 rings (SSSR count). The smallest absolute Gasteiger partial charge is 0.254 e. The molecule has 148 valence electrons. The number of aryl methyl sites for hydroxylation is 1. The minimum atomic E-state index is -0.143.